The first-order valence-corrected chi connectivity index (χ1v) is 8.10. The van der Waals surface area contributed by atoms with E-state index in [1.807, 2.05) is 32.9 Å². The van der Waals surface area contributed by atoms with E-state index in [-0.39, 0.29) is 18.5 Å². The van der Waals surface area contributed by atoms with Crippen molar-refractivity contribution in [1.29, 1.82) is 0 Å². The van der Waals surface area contributed by atoms with Gasteiger partial charge in [-0.2, -0.15) is 12.7 Å². The summed E-state index contributed by atoms with van der Waals surface area (Å²) in [4.78, 5) is 11.9. The van der Waals surface area contributed by atoms with Gasteiger partial charge in [-0.3, -0.25) is 4.79 Å². The van der Waals surface area contributed by atoms with E-state index in [4.69, 9.17) is 0 Å². The summed E-state index contributed by atoms with van der Waals surface area (Å²) in [5.74, 6) is -0.337. The highest BCUT2D eigenvalue weighted by molar-refractivity contribution is 7.90. The first-order chi connectivity index (χ1) is 9.64. The molecule has 0 saturated heterocycles. The van der Waals surface area contributed by atoms with Crippen molar-refractivity contribution in [2.45, 2.75) is 26.8 Å². The van der Waals surface area contributed by atoms with Crippen LogP contribution in [0.5, 0.6) is 0 Å². The largest absolute Gasteiger partial charge is 0.352 e. The Morgan fingerprint density at radius 1 is 1.19 bits per heavy atom. The number of nitrogens with zero attached hydrogens (tertiary/aromatic N) is 2. The van der Waals surface area contributed by atoms with Crippen molar-refractivity contribution < 1.29 is 13.2 Å². The number of rotatable bonds is 6. The Morgan fingerprint density at radius 2 is 1.71 bits per heavy atom. The molecule has 0 atom stereocenters. The second-order valence-corrected chi connectivity index (χ2v) is 7.42. The Bertz CT molecular complexity index is 580. The third kappa shape index (κ3) is 4.71. The van der Waals surface area contributed by atoms with Gasteiger partial charge in [0.25, 0.3) is 0 Å². The normalized spacial score (nSPS) is 11.8. The van der Waals surface area contributed by atoms with E-state index < -0.39 is 10.2 Å². The Hall–Kier alpha value is -1.60. The molecule has 1 amide bonds. The predicted octanol–water partition coefficient (Wildman–Crippen LogP) is 1.13. The van der Waals surface area contributed by atoms with E-state index in [1.165, 1.54) is 14.1 Å². The molecule has 0 aliphatic carbocycles. The molecule has 118 valence electrons. The Morgan fingerprint density at radius 3 is 2.14 bits per heavy atom. The molecule has 1 aromatic carbocycles. The van der Waals surface area contributed by atoms with Gasteiger partial charge in [-0.15, -0.1) is 0 Å². The maximum absolute atomic E-state index is 12.4. The van der Waals surface area contributed by atoms with Gasteiger partial charge in [0, 0.05) is 20.1 Å². The third-order valence-electron chi connectivity index (χ3n) is 2.80. The van der Waals surface area contributed by atoms with Gasteiger partial charge in [0.15, 0.2) is 0 Å². The van der Waals surface area contributed by atoms with Crippen molar-refractivity contribution in [1.82, 2.24) is 9.62 Å². The molecule has 0 heterocycles. The van der Waals surface area contributed by atoms with Crippen LogP contribution in [0.1, 0.15) is 19.4 Å². The van der Waals surface area contributed by atoms with E-state index in [9.17, 15) is 13.2 Å². The van der Waals surface area contributed by atoms with Crippen molar-refractivity contribution >= 4 is 21.8 Å². The van der Waals surface area contributed by atoms with Gasteiger partial charge < -0.3 is 5.32 Å². The zero-order valence-electron chi connectivity index (χ0n) is 13.1. The van der Waals surface area contributed by atoms with Crippen LogP contribution in [0.2, 0.25) is 0 Å². The number of anilines is 1. The zero-order chi connectivity index (χ0) is 16.2. The molecule has 0 spiro atoms. The summed E-state index contributed by atoms with van der Waals surface area (Å²) in [5.41, 5.74) is 1.49. The van der Waals surface area contributed by atoms with Crippen LogP contribution >= 0.6 is 0 Å². The molecule has 0 saturated carbocycles. The van der Waals surface area contributed by atoms with Gasteiger partial charge in [-0.25, -0.2) is 4.31 Å². The lowest BCUT2D eigenvalue weighted by Gasteiger charge is -2.27. The average molecular weight is 313 g/mol. The van der Waals surface area contributed by atoms with Crippen LogP contribution in [-0.4, -0.2) is 45.3 Å². The molecule has 0 aliphatic heterocycles. The fourth-order valence-corrected chi connectivity index (χ4v) is 2.78. The van der Waals surface area contributed by atoms with Crippen LogP contribution in [0, 0.1) is 6.92 Å². The summed E-state index contributed by atoms with van der Waals surface area (Å²) < 4.78 is 27.0. The molecule has 1 N–H and O–H groups in total. The van der Waals surface area contributed by atoms with Crippen LogP contribution in [0.25, 0.3) is 0 Å². The molecule has 0 radical (unpaired) electrons. The maximum Gasteiger partial charge on any atom is 0.304 e. The maximum atomic E-state index is 12.4. The lowest BCUT2D eigenvalue weighted by atomic mass is 10.2. The van der Waals surface area contributed by atoms with E-state index in [0.29, 0.717) is 5.69 Å². The van der Waals surface area contributed by atoms with Crippen LogP contribution in [0.4, 0.5) is 5.69 Å². The molecule has 0 aromatic heterocycles. The summed E-state index contributed by atoms with van der Waals surface area (Å²) in [6.07, 6.45) is 0. The Kier molecular flexibility index (Phi) is 5.74. The minimum atomic E-state index is -3.73. The standard InChI is InChI=1S/C14H23N3O3S/c1-11(2)15-14(18)10-17(21(19,20)16(4)5)13-8-6-12(3)7-9-13/h6-9,11H,10H2,1-5H3,(H,15,18). The lowest BCUT2D eigenvalue weighted by Crippen LogP contribution is -2.46. The van der Waals surface area contributed by atoms with Gasteiger partial charge in [0.1, 0.15) is 6.54 Å². The summed E-state index contributed by atoms with van der Waals surface area (Å²) in [6, 6.07) is 6.97. The van der Waals surface area contributed by atoms with Crippen LogP contribution in [-0.2, 0) is 15.0 Å². The van der Waals surface area contributed by atoms with Crippen LogP contribution in [0.15, 0.2) is 24.3 Å². The molecule has 0 bridgehead atoms. The first-order valence-electron chi connectivity index (χ1n) is 6.71. The monoisotopic (exact) mass is 313 g/mol. The summed E-state index contributed by atoms with van der Waals surface area (Å²) in [5, 5.41) is 2.70. The number of amides is 1. The smallest absolute Gasteiger partial charge is 0.304 e. The van der Waals surface area contributed by atoms with Gasteiger partial charge in [0.05, 0.1) is 5.69 Å². The van der Waals surface area contributed by atoms with Gasteiger partial charge in [-0.05, 0) is 32.9 Å². The fourth-order valence-electron chi connectivity index (χ4n) is 1.71. The average Bonchev–Trinajstić information content (AvgIpc) is 2.36. The van der Waals surface area contributed by atoms with Crippen molar-refractivity contribution in [3.05, 3.63) is 29.8 Å². The van der Waals surface area contributed by atoms with Crippen molar-refractivity contribution in [3.63, 3.8) is 0 Å². The second kappa shape index (κ2) is 6.91. The van der Waals surface area contributed by atoms with Crippen LogP contribution in [0.3, 0.4) is 0 Å². The fraction of sp³-hybridized carbons (Fsp3) is 0.500. The number of aryl methyl sites for hydroxylation is 1. The van der Waals surface area contributed by atoms with Crippen LogP contribution < -0.4 is 9.62 Å². The lowest BCUT2D eigenvalue weighted by molar-refractivity contribution is -0.120. The van der Waals surface area contributed by atoms with Gasteiger partial charge in [0.2, 0.25) is 5.91 Å². The molecule has 6 nitrogen and oxygen atoms in total. The molecule has 0 unspecified atom stereocenters. The highest BCUT2D eigenvalue weighted by atomic mass is 32.2. The first kappa shape index (κ1) is 17.5. The zero-order valence-corrected chi connectivity index (χ0v) is 13.9. The van der Waals surface area contributed by atoms with E-state index in [1.54, 1.807) is 12.1 Å². The molecular weight excluding hydrogens is 290 g/mol. The molecule has 1 aromatic rings. The number of carbonyl (C=O) groups excluding carboxylic acids is 1. The van der Waals surface area contributed by atoms with E-state index >= 15 is 0 Å². The number of benzene rings is 1. The van der Waals surface area contributed by atoms with Crippen molar-refractivity contribution in [2.75, 3.05) is 24.9 Å². The minimum Gasteiger partial charge on any atom is -0.352 e. The van der Waals surface area contributed by atoms with Crippen molar-refractivity contribution in [2.24, 2.45) is 0 Å². The SMILES string of the molecule is Cc1ccc(N(CC(=O)NC(C)C)S(=O)(=O)N(C)C)cc1. The Balaban J connectivity index is 3.12. The quantitative estimate of drug-likeness (QED) is 0.856. The summed E-state index contributed by atoms with van der Waals surface area (Å²) >= 11 is 0. The molecule has 7 heteroatoms. The molecular formula is C14H23N3O3S. The number of hydrogen-bond donors (Lipinski definition) is 1. The highest BCUT2D eigenvalue weighted by Gasteiger charge is 2.27. The van der Waals surface area contributed by atoms with Gasteiger partial charge in [-0.1, -0.05) is 17.7 Å². The van der Waals surface area contributed by atoms with E-state index in [2.05, 4.69) is 5.32 Å². The molecule has 21 heavy (non-hydrogen) atoms. The third-order valence-corrected chi connectivity index (χ3v) is 4.62. The van der Waals surface area contributed by atoms with E-state index in [0.717, 1.165) is 14.2 Å². The minimum absolute atomic E-state index is 0.0422. The predicted molar refractivity (Wildman–Crippen MR) is 84.4 cm³/mol. The van der Waals surface area contributed by atoms with Gasteiger partial charge >= 0.3 is 10.2 Å². The second-order valence-electron chi connectivity index (χ2n) is 5.35. The van der Waals surface area contributed by atoms with Crippen molar-refractivity contribution in [3.8, 4) is 0 Å². The number of hydrogen-bond acceptors (Lipinski definition) is 3. The molecule has 1 rings (SSSR count). The Labute approximate surface area is 126 Å². The molecule has 0 fully saturated rings. The summed E-state index contributed by atoms with van der Waals surface area (Å²) in [6.45, 7) is 5.32. The summed E-state index contributed by atoms with van der Waals surface area (Å²) in [7, 11) is -0.847. The molecule has 0 aliphatic rings. The number of carbonyl (C=O) groups is 1. The highest BCUT2D eigenvalue weighted by Crippen LogP contribution is 2.19. The topological polar surface area (TPSA) is 69.7 Å². The number of nitrogens with one attached hydrogen (secondary N) is 1.